The van der Waals surface area contributed by atoms with Crippen LogP contribution in [-0.2, 0) is 25.5 Å². The van der Waals surface area contributed by atoms with E-state index in [9.17, 15) is 9.59 Å². The summed E-state index contributed by atoms with van der Waals surface area (Å²) < 4.78 is 10.4. The molecule has 0 aliphatic heterocycles. The summed E-state index contributed by atoms with van der Waals surface area (Å²) in [6, 6.07) is 9.50. The highest BCUT2D eigenvalue weighted by atomic mass is 16.5. The van der Waals surface area contributed by atoms with E-state index in [0.717, 1.165) is 5.56 Å². The van der Waals surface area contributed by atoms with Gasteiger partial charge in [0.25, 0.3) is 0 Å². The first-order valence-corrected chi connectivity index (χ1v) is 7.96. The van der Waals surface area contributed by atoms with E-state index in [4.69, 9.17) is 9.47 Å². The van der Waals surface area contributed by atoms with Crippen LogP contribution in [0.15, 0.2) is 42.0 Å². The van der Waals surface area contributed by atoms with Crippen molar-refractivity contribution in [2.75, 3.05) is 13.2 Å². The highest BCUT2D eigenvalue weighted by molar-refractivity contribution is 5.96. The molecule has 4 heteroatoms. The van der Waals surface area contributed by atoms with E-state index in [0.29, 0.717) is 25.2 Å². The van der Waals surface area contributed by atoms with Gasteiger partial charge in [-0.1, -0.05) is 58.0 Å². The SMILES string of the molecule is CC(C)COC(=O)C=C(Cc1ccccc1)C(=O)OCC(C)C. The van der Waals surface area contributed by atoms with E-state index >= 15 is 0 Å². The summed E-state index contributed by atoms with van der Waals surface area (Å²) in [6.07, 6.45) is 1.59. The van der Waals surface area contributed by atoms with Gasteiger partial charge in [0, 0.05) is 18.1 Å². The van der Waals surface area contributed by atoms with Gasteiger partial charge in [0.15, 0.2) is 0 Å². The van der Waals surface area contributed by atoms with Crippen molar-refractivity contribution in [2.45, 2.75) is 34.1 Å². The third-order valence-corrected chi connectivity index (χ3v) is 2.90. The van der Waals surface area contributed by atoms with Crippen LogP contribution >= 0.6 is 0 Å². The quantitative estimate of drug-likeness (QED) is 0.543. The van der Waals surface area contributed by atoms with Crippen LogP contribution in [0.25, 0.3) is 0 Å². The number of esters is 2. The van der Waals surface area contributed by atoms with Gasteiger partial charge in [-0.2, -0.15) is 0 Å². The van der Waals surface area contributed by atoms with Gasteiger partial charge >= 0.3 is 11.9 Å². The Kier molecular flexibility index (Phi) is 8.09. The number of carbonyl (C=O) groups is 2. The number of rotatable bonds is 8. The van der Waals surface area contributed by atoms with Gasteiger partial charge in [-0.25, -0.2) is 9.59 Å². The minimum atomic E-state index is -0.508. The normalized spacial score (nSPS) is 11.7. The lowest BCUT2D eigenvalue weighted by atomic mass is 10.0. The fraction of sp³-hybridized carbons (Fsp3) is 0.474. The van der Waals surface area contributed by atoms with Crippen molar-refractivity contribution < 1.29 is 19.1 Å². The molecule has 0 atom stereocenters. The molecule has 0 aromatic heterocycles. The Morgan fingerprint density at radius 2 is 1.52 bits per heavy atom. The molecule has 0 unspecified atom stereocenters. The largest absolute Gasteiger partial charge is 0.462 e. The standard InChI is InChI=1S/C19H26O4/c1-14(2)12-22-18(20)11-17(19(21)23-13-15(3)4)10-16-8-6-5-7-9-16/h5-9,11,14-15H,10,12-13H2,1-4H3. The number of benzene rings is 1. The third-order valence-electron chi connectivity index (χ3n) is 2.90. The summed E-state index contributed by atoms with van der Waals surface area (Å²) in [4.78, 5) is 24.1. The highest BCUT2D eigenvalue weighted by Crippen LogP contribution is 2.11. The zero-order valence-electron chi connectivity index (χ0n) is 14.4. The van der Waals surface area contributed by atoms with Gasteiger partial charge in [0.05, 0.1) is 13.2 Å². The maximum atomic E-state index is 12.2. The molecule has 126 valence electrons. The molecule has 0 heterocycles. The van der Waals surface area contributed by atoms with Crippen molar-refractivity contribution in [2.24, 2.45) is 11.8 Å². The molecular formula is C19H26O4. The average molecular weight is 318 g/mol. The van der Waals surface area contributed by atoms with E-state index in [1.165, 1.54) is 6.08 Å². The van der Waals surface area contributed by atoms with Crippen LogP contribution in [0.1, 0.15) is 33.3 Å². The van der Waals surface area contributed by atoms with Crippen molar-refractivity contribution in [1.82, 2.24) is 0 Å². The molecule has 0 N–H and O–H groups in total. The Hall–Kier alpha value is -2.10. The second-order valence-electron chi connectivity index (χ2n) is 6.35. The van der Waals surface area contributed by atoms with Crippen LogP contribution in [0.4, 0.5) is 0 Å². The highest BCUT2D eigenvalue weighted by Gasteiger charge is 2.15. The molecule has 0 radical (unpaired) electrons. The van der Waals surface area contributed by atoms with E-state index < -0.39 is 11.9 Å². The first kappa shape index (κ1) is 18.9. The molecule has 4 nitrogen and oxygen atoms in total. The van der Waals surface area contributed by atoms with Gasteiger partial charge in [-0.05, 0) is 17.4 Å². The summed E-state index contributed by atoms with van der Waals surface area (Å²) in [5.74, 6) is -0.488. The van der Waals surface area contributed by atoms with Crippen molar-refractivity contribution in [3.8, 4) is 0 Å². The molecule has 0 spiro atoms. The summed E-state index contributed by atoms with van der Waals surface area (Å²) in [5.41, 5.74) is 1.25. The van der Waals surface area contributed by atoms with Crippen molar-refractivity contribution in [3.63, 3.8) is 0 Å². The maximum absolute atomic E-state index is 12.2. The van der Waals surface area contributed by atoms with Crippen LogP contribution in [0.5, 0.6) is 0 Å². The fourth-order valence-electron chi connectivity index (χ4n) is 1.77. The van der Waals surface area contributed by atoms with Crippen LogP contribution < -0.4 is 0 Å². The molecule has 0 saturated carbocycles. The van der Waals surface area contributed by atoms with E-state index in [2.05, 4.69) is 0 Å². The van der Waals surface area contributed by atoms with Gasteiger partial charge < -0.3 is 9.47 Å². The van der Waals surface area contributed by atoms with Crippen LogP contribution in [0.2, 0.25) is 0 Å². The smallest absolute Gasteiger partial charge is 0.334 e. The minimum Gasteiger partial charge on any atom is -0.462 e. The van der Waals surface area contributed by atoms with Crippen molar-refractivity contribution in [1.29, 1.82) is 0 Å². The number of ether oxygens (including phenoxy) is 2. The van der Waals surface area contributed by atoms with E-state index in [1.807, 2.05) is 58.0 Å². The van der Waals surface area contributed by atoms with Gasteiger partial charge in [0.1, 0.15) is 0 Å². The van der Waals surface area contributed by atoms with Crippen molar-refractivity contribution in [3.05, 3.63) is 47.5 Å². The molecule has 0 amide bonds. The molecule has 0 aliphatic rings. The second-order valence-corrected chi connectivity index (χ2v) is 6.35. The molecule has 23 heavy (non-hydrogen) atoms. The van der Waals surface area contributed by atoms with Crippen molar-refractivity contribution >= 4 is 11.9 Å². The fourth-order valence-corrected chi connectivity index (χ4v) is 1.77. The summed E-state index contributed by atoms with van der Waals surface area (Å²) >= 11 is 0. The Labute approximate surface area is 138 Å². The lowest BCUT2D eigenvalue weighted by Gasteiger charge is -2.11. The number of hydrogen-bond acceptors (Lipinski definition) is 4. The number of carbonyl (C=O) groups excluding carboxylic acids is 2. The summed E-state index contributed by atoms with van der Waals surface area (Å²) in [5, 5.41) is 0. The molecule has 0 fully saturated rings. The molecule has 0 bridgehead atoms. The third kappa shape index (κ3) is 8.19. The first-order chi connectivity index (χ1) is 10.9. The lowest BCUT2D eigenvalue weighted by molar-refractivity contribution is -0.142. The maximum Gasteiger partial charge on any atom is 0.334 e. The Morgan fingerprint density at radius 3 is 2.09 bits per heavy atom. The summed E-state index contributed by atoms with van der Waals surface area (Å²) in [7, 11) is 0. The molecule has 1 aromatic rings. The minimum absolute atomic E-state index is 0.241. The second kappa shape index (κ2) is 9.82. The molecule has 0 aliphatic carbocycles. The van der Waals surface area contributed by atoms with Crippen LogP contribution in [0.3, 0.4) is 0 Å². The summed E-state index contributed by atoms with van der Waals surface area (Å²) in [6.45, 7) is 8.49. The molecule has 1 rings (SSSR count). The van der Waals surface area contributed by atoms with Crippen LogP contribution in [0, 0.1) is 11.8 Å². The molecule has 0 saturated heterocycles. The van der Waals surface area contributed by atoms with E-state index in [1.54, 1.807) is 0 Å². The molecule has 1 aromatic carbocycles. The van der Waals surface area contributed by atoms with Gasteiger partial charge in [0.2, 0.25) is 0 Å². The van der Waals surface area contributed by atoms with E-state index in [-0.39, 0.29) is 11.8 Å². The zero-order valence-corrected chi connectivity index (χ0v) is 14.4. The number of hydrogen-bond donors (Lipinski definition) is 0. The predicted molar refractivity (Wildman–Crippen MR) is 89.8 cm³/mol. The zero-order chi connectivity index (χ0) is 17.2. The monoisotopic (exact) mass is 318 g/mol. The Morgan fingerprint density at radius 1 is 0.957 bits per heavy atom. The molecular weight excluding hydrogens is 292 g/mol. The lowest BCUT2D eigenvalue weighted by Crippen LogP contribution is -2.16. The predicted octanol–water partition coefficient (Wildman–Crippen LogP) is 3.55. The van der Waals surface area contributed by atoms with Crippen LogP contribution in [-0.4, -0.2) is 25.2 Å². The van der Waals surface area contributed by atoms with Gasteiger partial charge in [-0.15, -0.1) is 0 Å². The Bertz CT molecular complexity index is 530. The Balaban J connectivity index is 2.82. The topological polar surface area (TPSA) is 52.6 Å². The van der Waals surface area contributed by atoms with Gasteiger partial charge in [-0.3, -0.25) is 0 Å². The average Bonchev–Trinajstić information content (AvgIpc) is 2.51. The first-order valence-electron chi connectivity index (χ1n) is 7.96.